The summed E-state index contributed by atoms with van der Waals surface area (Å²) in [6.07, 6.45) is 1.65. The zero-order valence-electron chi connectivity index (χ0n) is 18.2. The third-order valence-corrected chi connectivity index (χ3v) is 4.81. The average Bonchev–Trinajstić information content (AvgIpc) is 3.06. The van der Waals surface area contributed by atoms with Crippen LogP contribution in [0.4, 0.5) is 17.1 Å². The van der Waals surface area contributed by atoms with E-state index in [2.05, 4.69) is 10.2 Å². The van der Waals surface area contributed by atoms with Gasteiger partial charge in [0.05, 0.1) is 29.2 Å². The largest absolute Gasteiger partial charge is 0.497 e. The number of hydrogen-bond donors (Lipinski definition) is 2. The first-order valence-electron chi connectivity index (χ1n) is 9.70. The van der Waals surface area contributed by atoms with Crippen LogP contribution in [-0.4, -0.2) is 66.6 Å². The molecule has 2 N–H and O–H groups in total. The first-order valence-corrected chi connectivity index (χ1v) is 11.5. The van der Waals surface area contributed by atoms with Gasteiger partial charge in [-0.3, -0.25) is 19.3 Å². The highest BCUT2D eigenvalue weighted by Crippen LogP contribution is 2.47. The topological polar surface area (TPSA) is 140 Å². The van der Waals surface area contributed by atoms with Crippen LogP contribution in [-0.2, 0) is 16.7 Å². The molecule has 2 heterocycles. The predicted molar refractivity (Wildman–Crippen MR) is 122 cm³/mol. The lowest BCUT2D eigenvalue weighted by Crippen LogP contribution is -2.15. The fourth-order valence-corrected chi connectivity index (χ4v) is 3.52. The summed E-state index contributed by atoms with van der Waals surface area (Å²) in [4.78, 5) is 13.3. The molecule has 0 saturated carbocycles. The summed E-state index contributed by atoms with van der Waals surface area (Å²) in [5.74, 6) is 0.722. The average molecular weight is 464 g/mol. The minimum absolute atomic E-state index is 0.0538. The van der Waals surface area contributed by atoms with E-state index in [1.807, 2.05) is 37.0 Å². The molecule has 0 unspecified atom stereocenters. The Bertz CT molecular complexity index is 1260. The van der Waals surface area contributed by atoms with Crippen LogP contribution in [0.25, 0.3) is 22.2 Å². The van der Waals surface area contributed by atoms with E-state index >= 15 is 0 Å². The summed E-state index contributed by atoms with van der Waals surface area (Å²) in [7, 11) is 2.02. The van der Waals surface area contributed by atoms with E-state index in [1.165, 1.54) is 0 Å². The van der Waals surface area contributed by atoms with E-state index in [1.54, 1.807) is 19.2 Å². The lowest BCUT2D eigenvalue weighted by Gasteiger charge is -2.18. The van der Waals surface area contributed by atoms with Crippen molar-refractivity contribution in [3.05, 3.63) is 40.4 Å². The smallest absolute Gasteiger partial charge is 0.293 e. The minimum Gasteiger partial charge on any atom is -0.497 e. The van der Waals surface area contributed by atoms with E-state index in [4.69, 9.17) is 14.4 Å². The van der Waals surface area contributed by atoms with E-state index in [0.717, 1.165) is 53.1 Å². The Labute approximate surface area is 185 Å². The molecule has 172 valence electrons. The number of nitrogens with one attached hydrogen (secondary N) is 1. The van der Waals surface area contributed by atoms with Crippen molar-refractivity contribution in [2.24, 2.45) is 0 Å². The van der Waals surface area contributed by atoms with Crippen molar-refractivity contribution in [3.8, 4) is 17.0 Å². The molecule has 11 nitrogen and oxygen atoms in total. The van der Waals surface area contributed by atoms with Crippen LogP contribution >= 0.6 is 0 Å². The second-order valence-corrected chi connectivity index (χ2v) is 9.08. The van der Waals surface area contributed by atoms with Gasteiger partial charge < -0.3 is 15.0 Å². The quantitative estimate of drug-likeness (QED) is 0.251. The Morgan fingerprint density at radius 1 is 1.28 bits per heavy atom. The van der Waals surface area contributed by atoms with Gasteiger partial charge in [0.2, 0.25) is 0 Å². The molecule has 12 heteroatoms. The van der Waals surface area contributed by atoms with Gasteiger partial charge in [0.25, 0.3) is 15.8 Å². The van der Waals surface area contributed by atoms with Gasteiger partial charge >= 0.3 is 0 Å². The molecule has 0 aliphatic carbocycles. The Hall–Kier alpha value is -3.22. The zero-order valence-corrected chi connectivity index (χ0v) is 19.0. The molecular formula is C20H25N5O6S. The fraction of sp³-hybridized carbons (Fsp3) is 0.350. The van der Waals surface area contributed by atoms with Crippen LogP contribution < -0.4 is 10.1 Å². The van der Waals surface area contributed by atoms with Crippen molar-refractivity contribution < 1.29 is 22.6 Å². The number of nitrogens with zero attached hydrogens (tertiary/aromatic N) is 4. The van der Waals surface area contributed by atoms with Gasteiger partial charge in [-0.05, 0) is 51.3 Å². The zero-order chi connectivity index (χ0) is 23.6. The minimum atomic E-state index is -3.67. The predicted octanol–water partition coefficient (Wildman–Crippen LogP) is 3.13. The Morgan fingerprint density at radius 3 is 2.56 bits per heavy atom. The SMILES string of the molecule is COc1ccc2c(c1)-c1nn(CCCN(C)C)c3ccc([N+](=O)[O-])c(c13)N2.CS(=O)(=O)O. The van der Waals surface area contributed by atoms with Crippen molar-refractivity contribution in [1.29, 1.82) is 0 Å². The van der Waals surface area contributed by atoms with Gasteiger partial charge in [-0.2, -0.15) is 13.5 Å². The summed E-state index contributed by atoms with van der Waals surface area (Å²) >= 11 is 0. The Morgan fingerprint density at radius 2 is 1.97 bits per heavy atom. The number of nitro benzene ring substituents is 1. The number of methoxy groups -OCH3 is 1. The van der Waals surface area contributed by atoms with Crippen molar-refractivity contribution in [2.45, 2.75) is 13.0 Å². The molecule has 0 fully saturated rings. The summed E-state index contributed by atoms with van der Waals surface area (Å²) in [6, 6.07) is 8.95. The maximum Gasteiger partial charge on any atom is 0.293 e. The molecule has 0 atom stereocenters. The van der Waals surface area contributed by atoms with Gasteiger partial charge in [-0.15, -0.1) is 0 Å². The van der Waals surface area contributed by atoms with Crippen LogP contribution in [0.5, 0.6) is 5.75 Å². The molecule has 0 spiro atoms. The van der Waals surface area contributed by atoms with Crippen LogP contribution in [0.1, 0.15) is 6.42 Å². The fourth-order valence-electron chi connectivity index (χ4n) is 3.52. The summed E-state index contributed by atoms with van der Waals surface area (Å²) in [5, 5.41) is 20.4. The van der Waals surface area contributed by atoms with Crippen LogP contribution in [0, 0.1) is 10.1 Å². The number of aromatic nitrogens is 2. The van der Waals surface area contributed by atoms with Crippen molar-refractivity contribution >= 4 is 38.1 Å². The number of hydrogen-bond acceptors (Lipinski definition) is 8. The van der Waals surface area contributed by atoms with Gasteiger partial charge in [0.15, 0.2) is 0 Å². The number of nitro groups is 1. The third kappa shape index (κ3) is 5.15. The van der Waals surface area contributed by atoms with Crippen molar-refractivity contribution in [1.82, 2.24) is 14.7 Å². The molecular weight excluding hydrogens is 438 g/mol. The lowest BCUT2D eigenvalue weighted by molar-refractivity contribution is -0.383. The molecule has 0 bridgehead atoms. The summed E-state index contributed by atoms with van der Waals surface area (Å²) < 4.78 is 33.2. The highest BCUT2D eigenvalue weighted by atomic mass is 32.2. The molecule has 3 aromatic rings. The monoisotopic (exact) mass is 463 g/mol. The molecule has 1 aliphatic rings. The van der Waals surface area contributed by atoms with Crippen LogP contribution in [0.3, 0.4) is 0 Å². The van der Waals surface area contributed by atoms with E-state index < -0.39 is 10.1 Å². The molecule has 1 aromatic heterocycles. The number of benzene rings is 2. The van der Waals surface area contributed by atoms with Crippen LogP contribution in [0.2, 0.25) is 0 Å². The standard InChI is InChI=1S/C19H21N5O3.CH4O3S/c1-22(2)9-4-10-23-15-7-8-16(24(25)26)19-17(15)18(21-23)13-11-12(27-3)5-6-14(13)20-19;1-5(2,3)4/h5-8,11,20H,4,9-10H2,1-3H3;1H3,(H,2,3,4). The van der Waals surface area contributed by atoms with Gasteiger partial charge in [0, 0.05) is 23.9 Å². The maximum absolute atomic E-state index is 11.5. The molecule has 2 aromatic carbocycles. The Balaban J connectivity index is 0.000000523. The number of fused-ring (bicyclic) bond motifs is 2. The maximum atomic E-state index is 11.5. The number of anilines is 2. The second-order valence-electron chi connectivity index (χ2n) is 7.61. The summed E-state index contributed by atoms with van der Waals surface area (Å²) in [5.41, 5.74) is 3.88. The highest BCUT2D eigenvalue weighted by molar-refractivity contribution is 7.85. The third-order valence-electron chi connectivity index (χ3n) is 4.81. The Kier molecular flexibility index (Phi) is 6.67. The molecule has 0 amide bonds. The molecule has 1 aliphatic heterocycles. The van der Waals surface area contributed by atoms with Crippen LogP contribution in [0.15, 0.2) is 30.3 Å². The second kappa shape index (κ2) is 9.10. The normalized spacial score (nSPS) is 12.1. The van der Waals surface area contributed by atoms with Crippen molar-refractivity contribution in [3.63, 3.8) is 0 Å². The van der Waals surface area contributed by atoms with E-state index in [0.29, 0.717) is 11.9 Å². The molecule has 0 saturated heterocycles. The van der Waals surface area contributed by atoms with E-state index in [9.17, 15) is 18.5 Å². The summed E-state index contributed by atoms with van der Waals surface area (Å²) in [6.45, 7) is 1.68. The van der Waals surface area contributed by atoms with E-state index in [-0.39, 0.29) is 10.6 Å². The molecule has 0 radical (unpaired) electrons. The number of rotatable bonds is 6. The van der Waals surface area contributed by atoms with Gasteiger partial charge in [-0.25, -0.2) is 0 Å². The first kappa shape index (κ1) is 23.4. The number of ether oxygens (including phenoxy) is 1. The molecule has 32 heavy (non-hydrogen) atoms. The number of aryl methyl sites for hydroxylation is 1. The lowest BCUT2D eigenvalue weighted by atomic mass is 9.99. The van der Waals surface area contributed by atoms with Crippen molar-refractivity contribution in [2.75, 3.05) is 39.3 Å². The first-order chi connectivity index (χ1) is 15.0. The van der Waals surface area contributed by atoms with Gasteiger partial charge in [0.1, 0.15) is 17.1 Å². The highest BCUT2D eigenvalue weighted by Gasteiger charge is 2.29. The van der Waals surface area contributed by atoms with Gasteiger partial charge in [-0.1, -0.05) is 0 Å². The molecule has 4 rings (SSSR count).